The van der Waals surface area contributed by atoms with E-state index >= 15 is 0 Å². The van der Waals surface area contributed by atoms with Gasteiger partial charge in [0, 0.05) is 43.8 Å². The maximum absolute atomic E-state index is 13.7. The summed E-state index contributed by atoms with van der Waals surface area (Å²) in [6, 6.07) is 8.93. The van der Waals surface area contributed by atoms with Crippen molar-refractivity contribution in [2.45, 2.75) is 58.9 Å². The standard InChI is InChI=1S/C29H39N7O2/c1-5-35-15-16-36(20(2)19-35)25-10-9-22(17-30-25)33-27(37)23(18-31-28(38)24-11-14-32-34(24)4)26(21-7-6-8-21)29(3)12-13-29/h9-11,14,17,20-21,23,26H,5-8,12-13,15-16,19H2,1-4H3/p+1/t20-,23?,26?/m1/s1. The maximum Gasteiger partial charge on any atom is 0.565 e. The van der Waals surface area contributed by atoms with Crippen molar-refractivity contribution in [3.63, 3.8) is 0 Å². The molecule has 5 rings (SSSR count). The Morgan fingerprint density at radius 3 is 2.58 bits per heavy atom. The molecule has 1 aliphatic heterocycles. The zero-order valence-electron chi connectivity index (χ0n) is 23.1. The predicted octanol–water partition coefficient (Wildman–Crippen LogP) is 4.29. The summed E-state index contributed by atoms with van der Waals surface area (Å²) in [5.41, 5.74) is 1.12. The van der Waals surface area contributed by atoms with E-state index in [1.165, 1.54) is 11.1 Å². The summed E-state index contributed by atoms with van der Waals surface area (Å²) in [6.07, 6.45) is 8.90. The van der Waals surface area contributed by atoms with Gasteiger partial charge in [-0.25, -0.2) is 4.98 Å². The van der Waals surface area contributed by atoms with Crippen LogP contribution in [0.15, 0.2) is 30.6 Å². The van der Waals surface area contributed by atoms with E-state index in [-0.39, 0.29) is 17.2 Å². The molecule has 2 aromatic rings. The van der Waals surface area contributed by atoms with Crippen molar-refractivity contribution in [1.82, 2.24) is 19.7 Å². The highest BCUT2D eigenvalue weighted by molar-refractivity contribution is 6.02. The summed E-state index contributed by atoms with van der Waals surface area (Å²) in [6.45, 7) is 10.7. The Kier molecular flexibility index (Phi) is 7.53. The lowest BCUT2D eigenvalue weighted by Crippen LogP contribution is -2.52. The molecular weight excluding hydrogens is 478 g/mol. The molecule has 0 bridgehead atoms. The number of hydrogen-bond donors (Lipinski definition) is 1. The molecule has 9 heteroatoms. The van der Waals surface area contributed by atoms with Crippen LogP contribution in [0.4, 0.5) is 11.5 Å². The lowest BCUT2D eigenvalue weighted by atomic mass is 9.64. The van der Waals surface area contributed by atoms with Crippen LogP contribution in [0.5, 0.6) is 0 Å². The average molecular weight is 519 g/mol. The summed E-state index contributed by atoms with van der Waals surface area (Å²) in [4.78, 5) is 40.1. The number of anilines is 2. The van der Waals surface area contributed by atoms with Crippen molar-refractivity contribution in [3.8, 4) is 6.07 Å². The van der Waals surface area contributed by atoms with E-state index in [9.17, 15) is 9.59 Å². The minimum Gasteiger partial charge on any atom is -0.351 e. The Hall–Kier alpha value is -3.25. The van der Waals surface area contributed by atoms with Gasteiger partial charge in [0.05, 0.1) is 11.9 Å². The summed E-state index contributed by atoms with van der Waals surface area (Å²) < 4.78 is 1.49. The second-order valence-corrected chi connectivity index (χ2v) is 11.6. The van der Waals surface area contributed by atoms with E-state index in [4.69, 9.17) is 0 Å². The van der Waals surface area contributed by atoms with Gasteiger partial charge in [0.1, 0.15) is 5.82 Å². The molecule has 0 radical (unpaired) electrons. The number of amides is 2. The molecule has 2 aromatic heterocycles. The second kappa shape index (κ2) is 10.9. The molecule has 2 saturated carbocycles. The van der Waals surface area contributed by atoms with Crippen LogP contribution < -0.4 is 10.2 Å². The number of nitrogens with one attached hydrogen (secondary N) is 1. The predicted molar refractivity (Wildman–Crippen MR) is 148 cm³/mol. The fourth-order valence-corrected chi connectivity index (χ4v) is 6.15. The van der Waals surface area contributed by atoms with E-state index in [0.29, 0.717) is 23.3 Å². The number of piperazine rings is 1. The van der Waals surface area contributed by atoms with E-state index in [0.717, 1.165) is 57.7 Å². The number of aromatic nitrogens is 3. The Morgan fingerprint density at radius 2 is 2.03 bits per heavy atom. The van der Waals surface area contributed by atoms with Crippen LogP contribution in [-0.4, -0.2) is 63.7 Å². The first-order chi connectivity index (χ1) is 18.3. The van der Waals surface area contributed by atoms with Gasteiger partial charge in [-0.1, -0.05) is 33.1 Å². The Labute approximate surface area is 225 Å². The van der Waals surface area contributed by atoms with Crippen molar-refractivity contribution in [3.05, 3.63) is 41.1 Å². The number of rotatable bonds is 8. The van der Waals surface area contributed by atoms with Gasteiger partial charge in [0.2, 0.25) is 5.91 Å². The molecule has 1 saturated heterocycles. The highest BCUT2D eigenvalue weighted by Gasteiger charge is 2.55. The molecule has 38 heavy (non-hydrogen) atoms. The quantitative estimate of drug-likeness (QED) is 0.561. The molecule has 0 aromatic carbocycles. The maximum atomic E-state index is 13.7. The molecule has 9 nitrogen and oxygen atoms in total. The zero-order valence-corrected chi connectivity index (χ0v) is 23.1. The van der Waals surface area contributed by atoms with Gasteiger partial charge in [-0.05, 0) is 61.8 Å². The molecule has 0 spiro atoms. The van der Waals surface area contributed by atoms with Gasteiger partial charge in [0.25, 0.3) is 0 Å². The third kappa shape index (κ3) is 5.46. The molecule has 3 atom stereocenters. The first-order valence-corrected chi connectivity index (χ1v) is 14.0. The Balaban J connectivity index is 1.34. The molecule has 3 fully saturated rings. The van der Waals surface area contributed by atoms with E-state index < -0.39 is 11.8 Å². The molecule has 3 aliphatic rings. The average Bonchev–Trinajstić information content (AvgIpc) is 3.47. The topological polar surface area (TPSA) is 87.7 Å². The third-order valence-corrected chi connectivity index (χ3v) is 8.96. The zero-order chi connectivity index (χ0) is 26.9. The van der Waals surface area contributed by atoms with Crippen molar-refractivity contribution < 1.29 is 9.59 Å². The summed E-state index contributed by atoms with van der Waals surface area (Å²) in [7, 11) is 1.70. The van der Waals surface area contributed by atoms with Gasteiger partial charge in [0.15, 0.2) is 11.6 Å². The van der Waals surface area contributed by atoms with Crippen LogP contribution in [-0.2, 0) is 11.8 Å². The summed E-state index contributed by atoms with van der Waals surface area (Å²) in [5, 5.41) is 7.13. The highest BCUT2D eigenvalue weighted by atomic mass is 16.2. The SMILES string of the molecule is CCN1CCN(c2ccc(NC(=O)C(C#[N+]C(=O)c3ccnn3C)C(C3CCC3)C3(C)CC3)cn2)[C@H](C)C1. The number of hydrogen-bond acceptors (Lipinski definition) is 6. The molecule has 2 unspecified atom stereocenters. The van der Waals surface area contributed by atoms with E-state index in [2.05, 4.69) is 56.9 Å². The van der Waals surface area contributed by atoms with Crippen LogP contribution in [0, 0.1) is 29.2 Å². The van der Waals surface area contributed by atoms with Crippen molar-refractivity contribution in [2.24, 2.45) is 30.2 Å². The fraction of sp³-hybridized carbons (Fsp3) is 0.621. The van der Waals surface area contributed by atoms with E-state index in [1.54, 1.807) is 25.5 Å². The van der Waals surface area contributed by atoms with Gasteiger partial charge < -0.3 is 10.2 Å². The first-order valence-electron chi connectivity index (χ1n) is 14.0. The third-order valence-electron chi connectivity index (χ3n) is 8.96. The number of carbonyl (C=O) groups is 2. The Bertz CT molecular complexity index is 1220. The minimum absolute atomic E-state index is 0.0874. The van der Waals surface area contributed by atoms with Crippen molar-refractivity contribution in [2.75, 3.05) is 36.4 Å². The van der Waals surface area contributed by atoms with Gasteiger partial charge in [-0.2, -0.15) is 9.89 Å². The van der Waals surface area contributed by atoms with Crippen molar-refractivity contribution >= 4 is 23.3 Å². The highest BCUT2D eigenvalue weighted by Crippen LogP contribution is 2.59. The fourth-order valence-electron chi connectivity index (χ4n) is 6.15. The van der Waals surface area contributed by atoms with Crippen LogP contribution in [0.3, 0.4) is 0 Å². The van der Waals surface area contributed by atoms with Crippen LogP contribution in [0.1, 0.15) is 63.4 Å². The number of aryl methyl sites for hydroxylation is 1. The van der Waals surface area contributed by atoms with Crippen LogP contribution >= 0.6 is 0 Å². The van der Waals surface area contributed by atoms with Crippen LogP contribution in [0.2, 0.25) is 0 Å². The number of carbonyl (C=O) groups excluding carboxylic acids is 2. The summed E-state index contributed by atoms with van der Waals surface area (Å²) in [5.74, 6) is 0.289. The summed E-state index contributed by atoms with van der Waals surface area (Å²) >= 11 is 0. The Morgan fingerprint density at radius 1 is 1.24 bits per heavy atom. The second-order valence-electron chi connectivity index (χ2n) is 11.6. The van der Waals surface area contributed by atoms with Crippen LogP contribution in [0.25, 0.3) is 4.85 Å². The number of likely N-dealkylation sites (N-methyl/N-ethyl adjacent to an activating group) is 1. The molecule has 2 amide bonds. The molecule has 1 N–H and O–H groups in total. The van der Waals surface area contributed by atoms with Gasteiger partial charge >= 0.3 is 12.0 Å². The van der Waals surface area contributed by atoms with Gasteiger partial charge in [-0.3, -0.25) is 14.4 Å². The number of pyridine rings is 1. The largest absolute Gasteiger partial charge is 0.565 e. The molecule has 202 valence electrons. The lowest BCUT2D eigenvalue weighted by Gasteiger charge is -2.40. The number of nitrogens with zero attached hydrogens (tertiary/aromatic N) is 6. The minimum atomic E-state index is -0.605. The normalized spacial score (nSPS) is 22.5. The first kappa shape index (κ1) is 26.4. The molecular formula is C29H40N7O2+. The molecule has 3 heterocycles. The monoisotopic (exact) mass is 518 g/mol. The lowest BCUT2D eigenvalue weighted by molar-refractivity contribution is -0.121. The van der Waals surface area contributed by atoms with Crippen molar-refractivity contribution in [1.29, 1.82) is 0 Å². The smallest absolute Gasteiger partial charge is 0.351 e. The van der Waals surface area contributed by atoms with E-state index in [1.807, 2.05) is 12.1 Å². The molecule has 2 aliphatic carbocycles. The van der Waals surface area contributed by atoms with Gasteiger partial charge in [-0.15, -0.1) is 0 Å².